The fourth-order valence-corrected chi connectivity index (χ4v) is 2.48. The van der Waals surface area contributed by atoms with E-state index in [1.54, 1.807) is 0 Å². The van der Waals surface area contributed by atoms with Gasteiger partial charge < -0.3 is 5.11 Å². The molecule has 0 radical (unpaired) electrons. The molecule has 0 bridgehead atoms. The topological polar surface area (TPSA) is 20.2 Å². The molecule has 0 aromatic heterocycles. The van der Waals surface area contributed by atoms with Crippen LogP contribution in [0.3, 0.4) is 0 Å². The van der Waals surface area contributed by atoms with Crippen LogP contribution in [0.4, 0.5) is 105 Å². The lowest BCUT2D eigenvalue weighted by Gasteiger charge is -2.47. The van der Waals surface area contributed by atoms with Gasteiger partial charge in [0.2, 0.25) is 5.67 Å². The maximum absolute atomic E-state index is 13.9. The Morgan fingerprint density at radius 2 is 0.575 bits per heavy atom. The van der Waals surface area contributed by atoms with Gasteiger partial charge in [0.05, 0.1) is 0 Å². The maximum atomic E-state index is 13.9. The molecule has 0 spiro atoms. The summed E-state index contributed by atoms with van der Waals surface area (Å²) in [5.41, 5.74) is -7.86. The molecule has 0 aromatic rings. The van der Waals surface area contributed by atoms with Crippen molar-refractivity contribution in [1.82, 2.24) is 0 Å². The summed E-state index contributed by atoms with van der Waals surface area (Å²) in [5, 5.41) is 8.05. The summed E-state index contributed by atoms with van der Waals surface area (Å²) in [6.45, 7) is -4.59. The highest BCUT2D eigenvalue weighted by Gasteiger charge is 2.98. The fourth-order valence-electron chi connectivity index (χ4n) is 2.48. The zero-order valence-electron chi connectivity index (χ0n) is 17.9. The second-order valence-corrected chi connectivity index (χ2v) is 7.85. The van der Waals surface area contributed by atoms with Gasteiger partial charge >= 0.3 is 65.4 Å². The standard InChI is InChI=1S/C15H8F24O/c1-4(16,7(21,22)14(35,36)15(37,38)39)6(19,20)9(25,26)11(29,30)13(33,34)12(31,32)10(27,28)8(23,24)5(17,18)2-3-40/h40H,2-3H2,1H3. The van der Waals surface area contributed by atoms with Crippen LogP contribution in [0, 0.1) is 0 Å². The van der Waals surface area contributed by atoms with Crippen LogP contribution in [0.5, 0.6) is 0 Å². The zero-order valence-corrected chi connectivity index (χ0v) is 17.9. The molecule has 0 rings (SSSR count). The van der Waals surface area contributed by atoms with Crippen molar-refractivity contribution in [2.45, 2.75) is 84.4 Å². The van der Waals surface area contributed by atoms with Gasteiger partial charge in [-0.2, -0.15) is 101 Å². The molecular formula is C15H8F24O. The second kappa shape index (κ2) is 9.39. The summed E-state index contributed by atoms with van der Waals surface area (Å²) in [6, 6.07) is 0. The normalized spacial score (nSPS) is 18.1. The summed E-state index contributed by atoms with van der Waals surface area (Å²) < 4.78 is 320. The highest BCUT2D eigenvalue weighted by Crippen LogP contribution is 2.67. The van der Waals surface area contributed by atoms with Crippen LogP contribution in [0.25, 0.3) is 0 Å². The number of halogens is 24. The third kappa shape index (κ3) is 4.40. The van der Waals surface area contributed by atoms with Gasteiger partial charge in [0, 0.05) is 13.0 Å². The van der Waals surface area contributed by atoms with Crippen LogP contribution in [-0.2, 0) is 0 Å². The molecule has 0 amide bonds. The lowest BCUT2D eigenvalue weighted by Crippen LogP contribution is -2.78. The number of aliphatic hydroxyl groups is 1. The van der Waals surface area contributed by atoms with Gasteiger partial charge in [-0.05, 0) is 6.92 Å². The third-order valence-electron chi connectivity index (χ3n) is 5.18. The maximum Gasteiger partial charge on any atom is 0.460 e. The average molecular weight is 660 g/mol. The van der Waals surface area contributed by atoms with Gasteiger partial charge in [-0.1, -0.05) is 0 Å². The van der Waals surface area contributed by atoms with Crippen LogP contribution >= 0.6 is 0 Å². The third-order valence-corrected chi connectivity index (χ3v) is 5.18. The summed E-state index contributed by atoms with van der Waals surface area (Å²) in [7, 11) is 0. The van der Waals surface area contributed by atoms with Gasteiger partial charge in [0.15, 0.2) is 0 Å². The summed E-state index contributed by atoms with van der Waals surface area (Å²) in [5.74, 6) is -86.2. The number of rotatable bonds is 12. The predicted octanol–water partition coefficient (Wildman–Crippen LogP) is 8.01. The van der Waals surface area contributed by atoms with E-state index in [-0.39, 0.29) is 0 Å². The van der Waals surface area contributed by atoms with E-state index in [2.05, 4.69) is 0 Å². The van der Waals surface area contributed by atoms with Crippen LogP contribution in [0.2, 0.25) is 0 Å². The summed E-state index contributed by atoms with van der Waals surface area (Å²) in [4.78, 5) is 0. The number of alkyl halides is 24. The smallest absolute Gasteiger partial charge is 0.396 e. The van der Waals surface area contributed by atoms with Crippen molar-refractivity contribution in [3.8, 4) is 0 Å². The minimum absolute atomic E-state index is 2.20. The molecule has 0 aliphatic rings. The predicted molar refractivity (Wildman–Crippen MR) is 76.7 cm³/mol. The lowest BCUT2D eigenvalue weighted by atomic mass is 9.79. The van der Waals surface area contributed by atoms with Crippen LogP contribution in [0.1, 0.15) is 13.3 Å². The van der Waals surface area contributed by atoms with Crippen molar-refractivity contribution in [3.63, 3.8) is 0 Å². The first-order valence-electron chi connectivity index (χ1n) is 8.96. The van der Waals surface area contributed by atoms with Crippen molar-refractivity contribution < 1.29 is 110 Å². The number of aliphatic hydroxyl groups excluding tert-OH is 1. The molecular weight excluding hydrogens is 652 g/mol. The first kappa shape index (κ1) is 38.3. The van der Waals surface area contributed by atoms with Gasteiger partial charge in [-0.25, -0.2) is 4.39 Å². The van der Waals surface area contributed by atoms with Gasteiger partial charge in [-0.3, -0.25) is 0 Å². The first-order valence-corrected chi connectivity index (χ1v) is 8.96. The fraction of sp³-hybridized carbons (Fsp3) is 1.00. The van der Waals surface area contributed by atoms with Gasteiger partial charge in [-0.15, -0.1) is 0 Å². The van der Waals surface area contributed by atoms with Crippen LogP contribution in [-0.4, -0.2) is 82.8 Å². The van der Waals surface area contributed by atoms with E-state index < -0.39 is 91.0 Å². The molecule has 0 fully saturated rings. The minimum Gasteiger partial charge on any atom is -0.396 e. The zero-order chi connectivity index (χ0) is 33.4. The molecule has 0 saturated carbocycles. The monoisotopic (exact) mass is 660 g/mol. The molecule has 1 atom stereocenters. The highest BCUT2D eigenvalue weighted by atomic mass is 19.4. The quantitative estimate of drug-likeness (QED) is 0.211. The molecule has 0 aliphatic carbocycles. The van der Waals surface area contributed by atoms with E-state index in [1.165, 1.54) is 0 Å². The van der Waals surface area contributed by atoms with Gasteiger partial charge in [0.25, 0.3) is 0 Å². The van der Waals surface area contributed by atoms with E-state index in [9.17, 15) is 105 Å². The molecule has 1 nitrogen and oxygen atoms in total. The Bertz CT molecular complexity index is 910. The molecule has 0 saturated heterocycles. The Hall–Kier alpha value is -1.72. The molecule has 1 unspecified atom stereocenters. The summed E-state index contributed by atoms with van der Waals surface area (Å²) in [6.07, 6.45) is -11.0. The molecule has 0 aliphatic heterocycles. The Morgan fingerprint density at radius 3 is 0.825 bits per heavy atom. The number of hydrogen-bond donors (Lipinski definition) is 1. The van der Waals surface area contributed by atoms with E-state index in [4.69, 9.17) is 5.11 Å². The Labute approximate surface area is 203 Å². The largest absolute Gasteiger partial charge is 0.460 e. The molecule has 1 N–H and O–H groups in total. The van der Waals surface area contributed by atoms with Crippen LogP contribution in [0.15, 0.2) is 0 Å². The van der Waals surface area contributed by atoms with Crippen molar-refractivity contribution in [1.29, 1.82) is 0 Å². The Balaban J connectivity index is 7.30. The minimum atomic E-state index is -9.34. The van der Waals surface area contributed by atoms with E-state index in [0.717, 1.165) is 0 Å². The average Bonchev–Trinajstić information content (AvgIpc) is 2.71. The van der Waals surface area contributed by atoms with Gasteiger partial charge in [0.1, 0.15) is 0 Å². The SMILES string of the molecule is CC(F)(C(F)(F)C(F)(F)C(F)(F)F)C(F)(F)C(F)(F)C(F)(F)C(F)(F)C(F)(F)C(F)(F)C(F)(F)C(F)(F)CCO. The molecule has 242 valence electrons. The van der Waals surface area contributed by atoms with Crippen molar-refractivity contribution >= 4 is 0 Å². The molecule has 0 aromatic carbocycles. The Kier molecular flexibility index (Phi) is 8.99. The van der Waals surface area contributed by atoms with E-state index in [0.29, 0.717) is 0 Å². The summed E-state index contributed by atoms with van der Waals surface area (Å²) >= 11 is 0. The first-order chi connectivity index (χ1) is 16.8. The van der Waals surface area contributed by atoms with Crippen molar-refractivity contribution in [2.75, 3.05) is 6.61 Å². The lowest BCUT2D eigenvalue weighted by molar-refractivity contribution is -0.468. The van der Waals surface area contributed by atoms with E-state index >= 15 is 0 Å². The van der Waals surface area contributed by atoms with Crippen molar-refractivity contribution in [3.05, 3.63) is 0 Å². The second-order valence-electron chi connectivity index (χ2n) is 7.85. The van der Waals surface area contributed by atoms with Crippen molar-refractivity contribution in [2.24, 2.45) is 0 Å². The molecule has 40 heavy (non-hydrogen) atoms. The molecule has 25 heteroatoms. The number of hydrogen-bond acceptors (Lipinski definition) is 1. The molecule has 0 heterocycles. The van der Waals surface area contributed by atoms with Crippen LogP contribution < -0.4 is 0 Å². The highest BCUT2D eigenvalue weighted by molar-refractivity contribution is 5.21. The Morgan fingerprint density at radius 1 is 0.350 bits per heavy atom. The van der Waals surface area contributed by atoms with E-state index in [1.807, 2.05) is 0 Å².